The van der Waals surface area contributed by atoms with Crippen LogP contribution in [0, 0.1) is 11.8 Å². The number of hydrogen-bond donors (Lipinski definition) is 2. The van der Waals surface area contributed by atoms with Crippen LogP contribution >= 0.6 is 0 Å². The molecule has 0 bridgehead atoms. The van der Waals surface area contributed by atoms with E-state index in [9.17, 15) is 4.79 Å². The van der Waals surface area contributed by atoms with Crippen LogP contribution in [0.5, 0.6) is 0 Å². The molecule has 0 aliphatic carbocycles. The van der Waals surface area contributed by atoms with E-state index >= 15 is 0 Å². The number of amides is 1. The maximum atomic E-state index is 10.8. The SMILES string of the molecule is CC(CN)CN(C)CC(C)C(N)=O. The first-order valence-electron chi connectivity index (χ1n) is 4.65. The lowest BCUT2D eigenvalue weighted by Crippen LogP contribution is -2.36. The molecule has 0 aliphatic heterocycles. The van der Waals surface area contributed by atoms with Crippen molar-refractivity contribution in [3.8, 4) is 0 Å². The van der Waals surface area contributed by atoms with Crippen LogP contribution in [-0.4, -0.2) is 37.5 Å². The highest BCUT2D eigenvalue weighted by Crippen LogP contribution is 2.00. The molecule has 0 heterocycles. The number of primary amides is 1. The number of carbonyl (C=O) groups excluding carboxylic acids is 1. The monoisotopic (exact) mass is 187 g/mol. The molecular formula is C9H21N3O. The van der Waals surface area contributed by atoms with E-state index in [-0.39, 0.29) is 11.8 Å². The molecule has 2 unspecified atom stereocenters. The maximum Gasteiger partial charge on any atom is 0.221 e. The Hall–Kier alpha value is -0.610. The Morgan fingerprint density at radius 1 is 1.38 bits per heavy atom. The van der Waals surface area contributed by atoms with Gasteiger partial charge in [-0.15, -0.1) is 0 Å². The summed E-state index contributed by atoms with van der Waals surface area (Å²) in [6.07, 6.45) is 0. The van der Waals surface area contributed by atoms with Gasteiger partial charge < -0.3 is 16.4 Å². The molecule has 0 fully saturated rings. The summed E-state index contributed by atoms with van der Waals surface area (Å²) in [5, 5.41) is 0. The Balaban J connectivity index is 3.73. The zero-order valence-electron chi connectivity index (χ0n) is 8.79. The van der Waals surface area contributed by atoms with Gasteiger partial charge in [-0.25, -0.2) is 0 Å². The first-order chi connectivity index (χ1) is 5.97. The van der Waals surface area contributed by atoms with Gasteiger partial charge in [0.25, 0.3) is 0 Å². The number of carbonyl (C=O) groups is 1. The summed E-state index contributed by atoms with van der Waals surface area (Å²) in [6, 6.07) is 0. The zero-order valence-corrected chi connectivity index (χ0v) is 8.79. The van der Waals surface area contributed by atoms with Gasteiger partial charge >= 0.3 is 0 Å². The topological polar surface area (TPSA) is 72.3 Å². The number of nitrogens with two attached hydrogens (primary N) is 2. The molecule has 1 amide bonds. The molecule has 0 aromatic rings. The van der Waals surface area contributed by atoms with Crippen molar-refractivity contribution < 1.29 is 4.79 Å². The summed E-state index contributed by atoms with van der Waals surface area (Å²) in [5.74, 6) is 0.132. The molecule has 0 aromatic heterocycles. The number of nitrogens with zero attached hydrogens (tertiary/aromatic N) is 1. The smallest absolute Gasteiger partial charge is 0.221 e. The maximum absolute atomic E-state index is 10.8. The van der Waals surface area contributed by atoms with Gasteiger partial charge in [-0.3, -0.25) is 4.79 Å². The van der Waals surface area contributed by atoms with Gasteiger partial charge in [0.2, 0.25) is 5.91 Å². The van der Waals surface area contributed by atoms with E-state index in [4.69, 9.17) is 11.5 Å². The third-order valence-corrected chi connectivity index (χ3v) is 2.10. The highest BCUT2D eigenvalue weighted by Gasteiger charge is 2.12. The van der Waals surface area contributed by atoms with Crippen molar-refractivity contribution >= 4 is 5.91 Å². The minimum absolute atomic E-state index is 0.0880. The van der Waals surface area contributed by atoms with Gasteiger partial charge in [-0.2, -0.15) is 0 Å². The fourth-order valence-electron chi connectivity index (χ4n) is 1.24. The van der Waals surface area contributed by atoms with Gasteiger partial charge in [0, 0.05) is 19.0 Å². The molecule has 4 heteroatoms. The Bertz CT molecular complexity index is 161. The van der Waals surface area contributed by atoms with Crippen molar-refractivity contribution in [2.45, 2.75) is 13.8 Å². The van der Waals surface area contributed by atoms with Crippen LogP contribution < -0.4 is 11.5 Å². The fraction of sp³-hybridized carbons (Fsp3) is 0.889. The normalized spacial score (nSPS) is 15.8. The zero-order chi connectivity index (χ0) is 10.4. The van der Waals surface area contributed by atoms with Crippen LogP contribution in [-0.2, 0) is 4.79 Å². The molecule has 13 heavy (non-hydrogen) atoms. The van der Waals surface area contributed by atoms with Crippen LogP contribution in [0.1, 0.15) is 13.8 Å². The van der Waals surface area contributed by atoms with Crippen molar-refractivity contribution in [2.75, 3.05) is 26.7 Å². The molecule has 0 radical (unpaired) electrons. The number of hydrogen-bond acceptors (Lipinski definition) is 3. The number of rotatable bonds is 6. The van der Waals surface area contributed by atoms with Crippen molar-refractivity contribution in [1.29, 1.82) is 0 Å². The third kappa shape index (κ3) is 5.60. The predicted molar refractivity (Wildman–Crippen MR) is 54.1 cm³/mol. The second-order valence-corrected chi connectivity index (χ2v) is 3.87. The lowest BCUT2D eigenvalue weighted by molar-refractivity contribution is -0.121. The Morgan fingerprint density at radius 3 is 2.31 bits per heavy atom. The van der Waals surface area contributed by atoms with E-state index in [0.717, 1.165) is 6.54 Å². The standard InChI is InChI=1S/C9H21N3O/c1-7(4-10)5-12(3)6-8(2)9(11)13/h7-8H,4-6,10H2,1-3H3,(H2,11,13). The molecule has 0 spiro atoms. The molecule has 0 saturated carbocycles. The Morgan fingerprint density at radius 2 is 1.92 bits per heavy atom. The van der Waals surface area contributed by atoms with E-state index in [1.165, 1.54) is 0 Å². The average Bonchev–Trinajstić information content (AvgIpc) is 2.03. The van der Waals surface area contributed by atoms with Crippen LogP contribution in [0.3, 0.4) is 0 Å². The second kappa shape index (κ2) is 5.94. The summed E-state index contributed by atoms with van der Waals surface area (Å²) in [4.78, 5) is 12.9. The average molecular weight is 187 g/mol. The summed E-state index contributed by atoms with van der Waals surface area (Å²) >= 11 is 0. The lowest BCUT2D eigenvalue weighted by Gasteiger charge is -2.22. The van der Waals surface area contributed by atoms with Gasteiger partial charge in [0.05, 0.1) is 0 Å². The molecule has 0 saturated heterocycles. The fourth-order valence-corrected chi connectivity index (χ4v) is 1.24. The predicted octanol–water partition coefficient (Wildman–Crippen LogP) is -0.366. The van der Waals surface area contributed by atoms with Crippen molar-refractivity contribution in [2.24, 2.45) is 23.3 Å². The molecule has 4 nitrogen and oxygen atoms in total. The van der Waals surface area contributed by atoms with E-state index < -0.39 is 0 Å². The van der Waals surface area contributed by atoms with E-state index in [1.54, 1.807) is 0 Å². The van der Waals surface area contributed by atoms with E-state index in [0.29, 0.717) is 19.0 Å². The third-order valence-electron chi connectivity index (χ3n) is 2.10. The van der Waals surface area contributed by atoms with Gasteiger partial charge in [0.15, 0.2) is 0 Å². The summed E-state index contributed by atoms with van der Waals surface area (Å²) in [6.45, 7) is 6.22. The van der Waals surface area contributed by atoms with Crippen molar-refractivity contribution in [3.63, 3.8) is 0 Å². The molecule has 0 rings (SSSR count). The summed E-state index contributed by atoms with van der Waals surface area (Å²) < 4.78 is 0. The quantitative estimate of drug-likeness (QED) is 0.596. The lowest BCUT2D eigenvalue weighted by atomic mass is 10.1. The van der Waals surface area contributed by atoms with Gasteiger partial charge in [-0.1, -0.05) is 13.8 Å². The van der Waals surface area contributed by atoms with E-state index in [1.807, 2.05) is 14.0 Å². The van der Waals surface area contributed by atoms with E-state index in [2.05, 4.69) is 11.8 Å². The highest BCUT2D eigenvalue weighted by atomic mass is 16.1. The van der Waals surface area contributed by atoms with Crippen LogP contribution in [0.4, 0.5) is 0 Å². The summed E-state index contributed by atoms with van der Waals surface area (Å²) in [5.41, 5.74) is 10.6. The molecule has 2 atom stereocenters. The molecular weight excluding hydrogens is 166 g/mol. The van der Waals surface area contributed by atoms with Crippen molar-refractivity contribution in [3.05, 3.63) is 0 Å². The van der Waals surface area contributed by atoms with Crippen molar-refractivity contribution in [1.82, 2.24) is 4.90 Å². The first kappa shape index (κ1) is 12.4. The second-order valence-electron chi connectivity index (χ2n) is 3.87. The minimum Gasteiger partial charge on any atom is -0.369 e. The Kier molecular flexibility index (Phi) is 5.66. The summed E-state index contributed by atoms with van der Waals surface area (Å²) in [7, 11) is 1.98. The van der Waals surface area contributed by atoms with Gasteiger partial charge in [0.1, 0.15) is 0 Å². The molecule has 78 valence electrons. The van der Waals surface area contributed by atoms with Crippen LogP contribution in [0.2, 0.25) is 0 Å². The van der Waals surface area contributed by atoms with Gasteiger partial charge in [-0.05, 0) is 19.5 Å². The van der Waals surface area contributed by atoms with Crippen LogP contribution in [0.15, 0.2) is 0 Å². The molecule has 0 aliphatic rings. The Labute approximate surface area is 80.3 Å². The molecule has 0 aromatic carbocycles. The molecule has 4 N–H and O–H groups in total. The van der Waals surface area contributed by atoms with Crippen LogP contribution in [0.25, 0.3) is 0 Å². The highest BCUT2D eigenvalue weighted by molar-refractivity contribution is 5.76. The largest absolute Gasteiger partial charge is 0.369 e. The minimum atomic E-state index is -0.243. The first-order valence-corrected chi connectivity index (χ1v) is 4.65.